The predicted octanol–water partition coefficient (Wildman–Crippen LogP) is 7.68. The van der Waals surface area contributed by atoms with Gasteiger partial charge in [0.15, 0.2) is 5.82 Å². The monoisotopic (exact) mass is 533 g/mol. The van der Waals surface area contributed by atoms with Crippen molar-refractivity contribution in [3.8, 4) is 5.75 Å². The first-order chi connectivity index (χ1) is 16.3. The molecule has 0 unspecified atom stereocenters. The summed E-state index contributed by atoms with van der Waals surface area (Å²) in [4.78, 5) is 12.8. The van der Waals surface area contributed by atoms with Crippen LogP contribution in [0.1, 0.15) is 27.0 Å². The van der Waals surface area contributed by atoms with Gasteiger partial charge in [-0.15, -0.1) is 0 Å². The predicted molar refractivity (Wildman–Crippen MR) is 138 cm³/mol. The van der Waals surface area contributed by atoms with Gasteiger partial charge in [-0.2, -0.15) is 5.10 Å². The normalized spacial score (nSPS) is 10.9. The van der Waals surface area contributed by atoms with Crippen molar-refractivity contribution in [2.45, 2.75) is 20.1 Å². The molecule has 1 aromatic heterocycles. The molecule has 0 aliphatic carbocycles. The van der Waals surface area contributed by atoms with E-state index in [1.54, 1.807) is 53.3 Å². The summed E-state index contributed by atoms with van der Waals surface area (Å²) in [6.45, 7) is 2.54. The minimum absolute atomic E-state index is 0.244. The van der Waals surface area contributed by atoms with Crippen molar-refractivity contribution in [3.63, 3.8) is 0 Å². The quantitative estimate of drug-likeness (QED) is 0.264. The van der Waals surface area contributed by atoms with Gasteiger partial charge in [-0.1, -0.05) is 64.6 Å². The van der Waals surface area contributed by atoms with Gasteiger partial charge in [-0.3, -0.25) is 9.48 Å². The van der Waals surface area contributed by atoms with Crippen LogP contribution in [0.5, 0.6) is 5.75 Å². The molecule has 174 valence electrons. The van der Waals surface area contributed by atoms with Gasteiger partial charge >= 0.3 is 0 Å². The van der Waals surface area contributed by atoms with Crippen molar-refractivity contribution >= 4 is 58.1 Å². The van der Waals surface area contributed by atoms with E-state index in [0.717, 1.165) is 16.9 Å². The first kappa shape index (κ1) is 24.4. The number of hydrogen-bond acceptors (Lipinski definition) is 3. The van der Waals surface area contributed by atoms with Crippen LogP contribution in [0.2, 0.25) is 20.1 Å². The number of anilines is 1. The van der Waals surface area contributed by atoms with E-state index in [2.05, 4.69) is 10.4 Å². The third-order valence-electron chi connectivity index (χ3n) is 5.05. The average Bonchev–Trinajstić information content (AvgIpc) is 3.14. The van der Waals surface area contributed by atoms with Crippen LogP contribution in [-0.2, 0) is 13.2 Å². The van der Waals surface area contributed by atoms with Crippen molar-refractivity contribution in [2.24, 2.45) is 0 Å². The number of rotatable bonds is 7. The number of nitrogens with one attached hydrogen (secondary N) is 1. The topological polar surface area (TPSA) is 56.1 Å². The van der Waals surface area contributed by atoms with Crippen molar-refractivity contribution in [1.82, 2.24) is 9.78 Å². The minimum Gasteiger partial charge on any atom is -0.489 e. The fraction of sp³-hybridized carbons (Fsp3) is 0.120. The summed E-state index contributed by atoms with van der Waals surface area (Å²) in [5.41, 5.74) is 2.94. The Bertz CT molecular complexity index is 1330. The van der Waals surface area contributed by atoms with Crippen LogP contribution in [0.15, 0.2) is 66.9 Å². The van der Waals surface area contributed by atoms with E-state index < -0.39 is 0 Å². The summed E-state index contributed by atoms with van der Waals surface area (Å²) in [6.07, 6.45) is 1.61. The lowest BCUT2D eigenvalue weighted by molar-refractivity contribution is 0.102. The zero-order valence-electron chi connectivity index (χ0n) is 18.0. The summed E-state index contributed by atoms with van der Waals surface area (Å²) < 4.78 is 7.45. The van der Waals surface area contributed by atoms with E-state index in [-0.39, 0.29) is 11.7 Å². The summed E-state index contributed by atoms with van der Waals surface area (Å²) in [7, 11) is 0. The van der Waals surface area contributed by atoms with Gasteiger partial charge in [0.1, 0.15) is 17.4 Å². The van der Waals surface area contributed by atoms with Gasteiger partial charge in [-0.05, 0) is 60.5 Å². The average molecular weight is 535 g/mol. The Morgan fingerprint density at radius 2 is 1.71 bits per heavy atom. The molecule has 0 bridgehead atoms. The number of aryl methyl sites for hydroxylation is 1. The summed E-state index contributed by atoms with van der Waals surface area (Å²) >= 11 is 24.8. The lowest BCUT2D eigenvalue weighted by Gasteiger charge is -2.10. The minimum atomic E-state index is -0.340. The van der Waals surface area contributed by atoms with Crippen LogP contribution in [0.3, 0.4) is 0 Å². The molecule has 1 heterocycles. The zero-order valence-corrected chi connectivity index (χ0v) is 21.0. The fourth-order valence-corrected chi connectivity index (χ4v) is 4.27. The molecule has 0 spiro atoms. The Hall–Kier alpha value is -2.70. The number of nitrogens with zero attached hydrogens (tertiary/aromatic N) is 2. The summed E-state index contributed by atoms with van der Waals surface area (Å²) in [6, 6.07) is 17.9. The molecule has 5 nitrogen and oxygen atoms in total. The molecule has 9 heteroatoms. The van der Waals surface area contributed by atoms with Crippen LogP contribution in [-0.4, -0.2) is 15.7 Å². The number of ether oxygens (including phenoxy) is 1. The van der Waals surface area contributed by atoms with Gasteiger partial charge in [0, 0.05) is 32.4 Å². The third-order valence-corrected chi connectivity index (χ3v) is 6.27. The van der Waals surface area contributed by atoms with Crippen LogP contribution < -0.4 is 10.1 Å². The van der Waals surface area contributed by atoms with Crippen LogP contribution >= 0.6 is 46.4 Å². The maximum atomic E-state index is 12.8. The van der Waals surface area contributed by atoms with Crippen molar-refractivity contribution < 1.29 is 9.53 Å². The Balaban J connectivity index is 1.44. The Labute approximate surface area is 217 Å². The standard InChI is InChI=1S/C25H19Cl4N3O2/c1-15-10-18(26)8-9-23(15)34-14-16-4-2-5-17(11-16)25(33)30-24-22(29)13-32(31-24)12-19-20(27)6-3-7-21(19)28/h2-11,13H,12,14H2,1H3,(H,30,31,33). The highest BCUT2D eigenvalue weighted by molar-refractivity contribution is 6.36. The van der Waals surface area contributed by atoms with Gasteiger partial charge in [0.25, 0.3) is 5.91 Å². The van der Waals surface area contributed by atoms with Gasteiger partial charge < -0.3 is 10.1 Å². The van der Waals surface area contributed by atoms with Crippen LogP contribution in [0.4, 0.5) is 5.82 Å². The molecule has 0 aliphatic rings. The van der Waals surface area contributed by atoms with E-state index in [0.29, 0.717) is 44.4 Å². The molecular weight excluding hydrogens is 516 g/mol. The van der Waals surface area contributed by atoms with Crippen LogP contribution in [0, 0.1) is 6.92 Å². The Morgan fingerprint density at radius 1 is 0.971 bits per heavy atom. The number of hydrogen-bond donors (Lipinski definition) is 1. The van der Waals surface area contributed by atoms with Gasteiger partial charge in [-0.25, -0.2) is 0 Å². The molecule has 0 aliphatic heterocycles. The van der Waals surface area contributed by atoms with E-state index in [9.17, 15) is 4.79 Å². The first-order valence-electron chi connectivity index (χ1n) is 10.3. The lowest BCUT2D eigenvalue weighted by atomic mass is 10.1. The summed E-state index contributed by atoms with van der Waals surface area (Å²) in [5, 5.41) is 9.13. The molecule has 34 heavy (non-hydrogen) atoms. The number of halogens is 4. The molecule has 1 N–H and O–H groups in total. The second-order valence-corrected chi connectivity index (χ2v) is 9.23. The number of carbonyl (C=O) groups is 1. The van der Waals surface area contributed by atoms with E-state index in [1.807, 2.05) is 25.1 Å². The number of benzene rings is 3. The van der Waals surface area contributed by atoms with Crippen molar-refractivity contribution in [3.05, 3.63) is 109 Å². The first-order valence-corrected chi connectivity index (χ1v) is 11.8. The number of aromatic nitrogens is 2. The highest BCUT2D eigenvalue weighted by atomic mass is 35.5. The maximum Gasteiger partial charge on any atom is 0.256 e. The van der Waals surface area contributed by atoms with E-state index in [4.69, 9.17) is 51.1 Å². The summed E-state index contributed by atoms with van der Waals surface area (Å²) in [5.74, 6) is 0.635. The molecule has 0 saturated heterocycles. The number of carbonyl (C=O) groups excluding carboxylic acids is 1. The molecule has 0 fully saturated rings. The molecule has 4 aromatic rings. The SMILES string of the molecule is Cc1cc(Cl)ccc1OCc1cccc(C(=O)Nc2nn(Cc3c(Cl)cccc3Cl)cc2Cl)c1. The second-order valence-electron chi connectivity index (χ2n) is 7.58. The molecule has 0 radical (unpaired) electrons. The van der Waals surface area contributed by atoms with E-state index >= 15 is 0 Å². The third kappa shape index (κ3) is 5.86. The van der Waals surface area contributed by atoms with E-state index in [1.165, 1.54) is 0 Å². The number of amides is 1. The zero-order chi connectivity index (χ0) is 24.2. The highest BCUT2D eigenvalue weighted by Crippen LogP contribution is 2.27. The fourth-order valence-electron chi connectivity index (χ4n) is 3.33. The smallest absolute Gasteiger partial charge is 0.256 e. The second kappa shape index (κ2) is 10.7. The molecule has 0 saturated carbocycles. The maximum absolute atomic E-state index is 12.8. The van der Waals surface area contributed by atoms with Crippen molar-refractivity contribution in [1.29, 1.82) is 0 Å². The lowest BCUT2D eigenvalue weighted by Crippen LogP contribution is -2.13. The molecular formula is C25H19Cl4N3O2. The van der Waals surface area contributed by atoms with Gasteiger partial charge in [0.05, 0.1) is 6.54 Å². The highest BCUT2D eigenvalue weighted by Gasteiger charge is 2.15. The van der Waals surface area contributed by atoms with Crippen molar-refractivity contribution in [2.75, 3.05) is 5.32 Å². The molecule has 1 amide bonds. The molecule has 3 aromatic carbocycles. The Morgan fingerprint density at radius 3 is 2.44 bits per heavy atom. The van der Waals surface area contributed by atoms with Crippen LogP contribution in [0.25, 0.3) is 0 Å². The van der Waals surface area contributed by atoms with Gasteiger partial charge in [0.2, 0.25) is 0 Å². The largest absolute Gasteiger partial charge is 0.489 e. The molecule has 0 atom stereocenters. The molecule has 4 rings (SSSR count). The Kier molecular flexibility index (Phi) is 7.69.